The highest BCUT2D eigenvalue weighted by atomic mass is 16.1. The summed E-state index contributed by atoms with van der Waals surface area (Å²) in [5.74, 6) is 2.56. The van der Waals surface area contributed by atoms with E-state index in [1.165, 1.54) is 0 Å². The Labute approximate surface area is 91.8 Å². The zero-order chi connectivity index (χ0) is 11.3. The van der Waals surface area contributed by atoms with Crippen molar-refractivity contribution < 1.29 is 4.79 Å². The number of carbonyl (C=O) groups is 1. The average molecular weight is 208 g/mol. The molecule has 1 fully saturated rings. The van der Waals surface area contributed by atoms with E-state index in [0.717, 1.165) is 25.7 Å². The minimum Gasteiger partial charge on any atom is -0.353 e. The quantitative estimate of drug-likeness (QED) is 0.681. The molecule has 0 saturated heterocycles. The number of hydrogen-bond acceptors (Lipinski definition) is 2. The van der Waals surface area contributed by atoms with Crippen LogP contribution in [0.25, 0.3) is 0 Å². The predicted octanol–water partition coefficient (Wildman–Crippen LogP) is 1.18. The van der Waals surface area contributed by atoms with Crippen molar-refractivity contribution in [3.8, 4) is 12.3 Å². The first kappa shape index (κ1) is 12.1. The molecule has 15 heavy (non-hydrogen) atoms. The molecule has 1 aliphatic carbocycles. The van der Waals surface area contributed by atoms with Gasteiger partial charge in [-0.05, 0) is 19.8 Å². The molecule has 0 aromatic rings. The summed E-state index contributed by atoms with van der Waals surface area (Å²) in [6.07, 6.45) is 10.4. The molecule has 0 heterocycles. The largest absolute Gasteiger partial charge is 0.353 e. The topological polar surface area (TPSA) is 55.1 Å². The molecule has 0 bridgehead atoms. The number of nitrogens with two attached hydrogens (primary N) is 1. The zero-order valence-corrected chi connectivity index (χ0v) is 9.38. The zero-order valence-electron chi connectivity index (χ0n) is 9.38. The lowest BCUT2D eigenvalue weighted by atomic mass is 9.94. The van der Waals surface area contributed by atoms with Gasteiger partial charge in [-0.2, -0.15) is 0 Å². The minimum absolute atomic E-state index is 0.0298. The molecular weight excluding hydrogens is 188 g/mol. The first-order chi connectivity index (χ1) is 7.06. The van der Waals surface area contributed by atoms with E-state index in [9.17, 15) is 4.79 Å². The summed E-state index contributed by atoms with van der Waals surface area (Å²) >= 11 is 0. The second kappa shape index (κ2) is 5.18. The van der Waals surface area contributed by atoms with Crippen LogP contribution in [0.15, 0.2) is 0 Å². The Morgan fingerprint density at radius 1 is 1.60 bits per heavy atom. The standard InChI is InChI=1S/C12H20N2O/c1-3-6-10(2)14-11(15)9-12(13)7-4-5-8-12/h1,10H,4-9,13H2,2H3,(H,14,15). The molecule has 0 spiro atoms. The maximum Gasteiger partial charge on any atom is 0.222 e. The van der Waals surface area contributed by atoms with Crippen molar-refractivity contribution >= 4 is 5.91 Å². The Balaban J connectivity index is 2.32. The molecule has 1 rings (SSSR count). The number of nitrogens with one attached hydrogen (secondary N) is 1. The van der Waals surface area contributed by atoms with Crippen LogP contribution in [-0.2, 0) is 4.79 Å². The van der Waals surface area contributed by atoms with Crippen molar-refractivity contribution in [2.24, 2.45) is 5.73 Å². The molecule has 1 aliphatic rings. The number of amides is 1. The van der Waals surface area contributed by atoms with E-state index in [1.54, 1.807) is 0 Å². The van der Waals surface area contributed by atoms with Crippen molar-refractivity contribution in [1.29, 1.82) is 0 Å². The fraction of sp³-hybridized carbons (Fsp3) is 0.750. The molecule has 1 unspecified atom stereocenters. The number of rotatable bonds is 4. The second-order valence-electron chi connectivity index (χ2n) is 4.62. The van der Waals surface area contributed by atoms with E-state index >= 15 is 0 Å². The molecule has 3 N–H and O–H groups in total. The van der Waals surface area contributed by atoms with Gasteiger partial charge in [0.1, 0.15) is 0 Å². The normalized spacial score (nSPS) is 20.6. The van der Waals surface area contributed by atoms with Gasteiger partial charge in [0.05, 0.1) is 0 Å². The fourth-order valence-electron chi connectivity index (χ4n) is 2.13. The minimum atomic E-state index is -0.264. The van der Waals surface area contributed by atoms with Crippen LogP contribution in [0.1, 0.15) is 45.4 Å². The van der Waals surface area contributed by atoms with Crippen molar-refractivity contribution in [3.63, 3.8) is 0 Å². The lowest BCUT2D eigenvalue weighted by Crippen LogP contribution is -2.44. The van der Waals surface area contributed by atoms with Crippen LogP contribution >= 0.6 is 0 Å². The summed E-state index contributed by atoms with van der Waals surface area (Å²) in [7, 11) is 0. The van der Waals surface area contributed by atoms with Crippen molar-refractivity contribution in [1.82, 2.24) is 5.32 Å². The van der Waals surface area contributed by atoms with Crippen LogP contribution in [-0.4, -0.2) is 17.5 Å². The molecule has 0 aliphatic heterocycles. The van der Waals surface area contributed by atoms with Crippen LogP contribution in [0.3, 0.4) is 0 Å². The van der Waals surface area contributed by atoms with Crippen LogP contribution in [0.4, 0.5) is 0 Å². The van der Waals surface area contributed by atoms with Crippen molar-refractivity contribution in [3.05, 3.63) is 0 Å². The highest BCUT2D eigenvalue weighted by molar-refractivity contribution is 5.77. The molecule has 0 aromatic carbocycles. The summed E-state index contributed by atoms with van der Waals surface area (Å²) in [6.45, 7) is 1.91. The van der Waals surface area contributed by atoms with Gasteiger partial charge >= 0.3 is 0 Å². The van der Waals surface area contributed by atoms with E-state index in [2.05, 4.69) is 11.2 Å². The second-order valence-corrected chi connectivity index (χ2v) is 4.62. The van der Waals surface area contributed by atoms with Crippen LogP contribution in [0.2, 0.25) is 0 Å². The molecule has 3 nitrogen and oxygen atoms in total. The summed E-state index contributed by atoms with van der Waals surface area (Å²) in [4.78, 5) is 11.6. The first-order valence-electron chi connectivity index (χ1n) is 5.57. The Morgan fingerprint density at radius 3 is 2.73 bits per heavy atom. The number of terminal acetylenes is 1. The van der Waals surface area contributed by atoms with Gasteiger partial charge < -0.3 is 11.1 Å². The SMILES string of the molecule is C#CCC(C)NC(=O)CC1(N)CCCC1. The van der Waals surface area contributed by atoms with Crippen LogP contribution < -0.4 is 11.1 Å². The molecule has 1 saturated carbocycles. The molecule has 0 aromatic heterocycles. The lowest BCUT2D eigenvalue weighted by Gasteiger charge is -2.23. The third-order valence-electron chi connectivity index (χ3n) is 2.94. The van der Waals surface area contributed by atoms with Gasteiger partial charge in [0.15, 0.2) is 0 Å². The van der Waals surface area contributed by atoms with Crippen molar-refractivity contribution in [2.45, 2.75) is 57.0 Å². The number of carbonyl (C=O) groups excluding carboxylic acids is 1. The van der Waals surface area contributed by atoms with E-state index < -0.39 is 0 Å². The van der Waals surface area contributed by atoms with Crippen LogP contribution in [0.5, 0.6) is 0 Å². The van der Waals surface area contributed by atoms with Gasteiger partial charge in [-0.3, -0.25) is 4.79 Å². The Bertz CT molecular complexity index is 261. The number of hydrogen-bond donors (Lipinski definition) is 2. The highest BCUT2D eigenvalue weighted by Gasteiger charge is 2.31. The Hall–Kier alpha value is -1.01. The molecule has 1 amide bonds. The first-order valence-corrected chi connectivity index (χ1v) is 5.57. The van der Waals surface area contributed by atoms with Gasteiger partial charge in [0.25, 0.3) is 0 Å². The highest BCUT2D eigenvalue weighted by Crippen LogP contribution is 2.29. The average Bonchev–Trinajstić information content (AvgIpc) is 2.51. The van der Waals surface area contributed by atoms with E-state index in [1.807, 2.05) is 6.92 Å². The molecule has 1 atom stereocenters. The van der Waals surface area contributed by atoms with Gasteiger partial charge in [-0.1, -0.05) is 12.8 Å². The summed E-state index contributed by atoms with van der Waals surface area (Å²) in [6, 6.07) is 0.0486. The summed E-state index contributed by atoms with van der Waals surface area (Å²) in [5, 5.41) is 2.87. The fourth-order valence-corrected chi connectivity index (χ4v) is 2.13. The smallest absolute Gasteiger partial charge is 0.222 e. The third kappa shape index (κ3) is 3.93. The van der Waals surface area contributed by atoms with E-state index in [0.29, 0.717) is 12.8 Å². The van der Waals surface area contributed by atoms with E-state index in [-0.39, 0.29) is 17.5 Å². The van der Waals surface area contributed by atoms with Crippen LogP contribution in [0, 0.1) is 12.3 Å². The monoisotopic (exact) mass is 208 g/mol. The Morgan fingerprint density at radius 2 is 2.20 bits per heavy atom. The predicted molar refractivity (Wildman–Crippen MR) is 61.1 cm³/mol. The summed E-state index contributed by atoms with van der Waals surface area (Å²) in [5.41, 5.74) is 5.84. The van der Waals surface area contributed by atoms with Crippen molar-refractivity contribution in [2.75, 3.05) is 0 Å². The lowest BCUT2D eigenvalue weighted by molar-refractivity contribution is -0.122. The Kier molecular flexibility index (Phi) is 4.16. The molecular formula is C12H20N2O. The van der Waals surface area contributed by atoms with Gasteiger partial charge in [0.2, 0.25) is 5.91 Å². The molecule has 0 radical (unpaired) electrons. The molecule has 3 heteroatoms. The van der Waals surface area contributed by atoms with Gasteiger partial charge in [0, 0.05) is 24.4 Å². The summed E-state index contributed by atoms with van der Waals surface area (Å²) < 4.78 is 0. The third-order valence-corrected chi connectivity index (χ3v) is 2.94. The maximum atomic E-state index is 11.6. The maximum absolute atomic E-state index is 11.6. The molecule has 84 valence electrons. The van der Waals surface area contributed by atoms with Gasteiger partial charge in [-0.15, -0.1) is 12.3 Å². The van der Waals surface area contributed by atoms with E-state index in [4.69, 9.17) is 12.2 Å². The van der Waals surface area contributed by atoms with Gasteiger partial charge in [-0.25, -0.2) is 0 Å².